The van der Waals surface area contributed by atoms with Crippen LogP contribution in [0.1, 0.15) is 23.1 Å². The highest BCUT2D eigenvalue weighted by Crippen LogP contribution is 2.17. The summed E-state index contributed by atoms with van der Waals surface area (Å²) < 4.78 is 5.89. The molecule has 0 aromatic heterocycles. The molecule has 0 saturated carbocycles. The largest absolute Gasteiger partial charge is 0.489 e. The van der Waals surface area contributed by atoms with Crippen LogP contribution >= 0.6 is 12.4 Å². The number of hydrogen-bond donors (Lipinski definition) is 2. The highest BCUT2D eigenvalue weighted by Gasteiger charge is 2.16. The molecule has 4 nitrogen and oxygen atoms in total. The molecule has 1 amide bonds. The number of ether oxygens (including phenoxy) is 1. The van der Waals surface area contributed by atoms with Crippen LogP contribution in [0.4, 0.5) is 0 Å². The van der Waals surface area contributed by atoms with Crippen LogP contribution in [0.15, 0.2) is 48.5 Å². The zero-order chi connectivity index (χ0) is 16.8. The third-order valence-electron chi connectivity index (χ3n) is 4.34. The van der Waals surface area contributed by atoms with Gasteiger partial charge in [-0.15, -0.1) is 12.4 Å². The van der Waals surface area contributed by atoms with Gasteiger partial charge in [0.25, 0.3) is 0 Å². The molecule has 1 atom stereocenters. The van der Waals surface area contributed by atoms with Gasteiger partial charge in [-0.25, -0.2) is 0 Å². The molecular formula is C20H25ClN2O2. The zero-order valence-electron chi connectivity index (χ0n) is 14.5. The quantitative estimate of drug-likeness (QED) is 0.832. The van der Waals surface area contributed by atoms with E-state index in [0.717, 1.165) is 30.8 Å². The van der Waals surface area contributed by atoms with Gasteiger partial charge in [-0.05, 0) is 48.7 Å². The van der Waals surface area contributed by atoms with Crippen molar-refractivity contribution in [2.24, 2.45) is 0 Å². The fourth-order valence-electron chi connectivity index (χ4n) is 2.92. The highest BCUT2D eigenvalue weighted by molar-refractivity contribution is 5.85. The lowest BCUT2D eigenvalue weighted by Gasteiger charge is -2.12. The number of nitrogens with one attached hydrogen (secondary N) is 2. The Balaban J connectivity index is 0.00000225. The monoisotopic (exact) mass is 360 g/mol. The molecule has 3 rings (SSSR count). The molecule has 5 heteroatoms. The number of carbonyl (C=O) groups is 1. The van der Waals surface area contributed by atoms with Crippen molar-refractivity contribution in [3.63, 3.8) is 0 Å². The highest BCUT2D eigenvalue weighted by atomic mass is 35.5. The van der Waals surface area contributed by atoms with Crippen LogP contribution in [0.3, 0.4) is 0 Å². The number of amides is 1. The first kappa shape index (κ1) is 19.3. The van der Waals surface area contributed by atoms with E-state index < -0.39 is 0 Å². The van der Waals surface area contributed by atoms with Crippen molar-refractivity contribution in [3.8, 4) is 5.75 Å². The number of hydrogen-bond acceptors (Lipinski definition) is 3. The Labute approximate surface area is 155 Å². The van der Waals surface area contributed by atoms with Crippen LogP contribution in [0.2, 0.25) is 0 Å². The molecule has 1 fully saturated rings. The van der Waals surface area contributed by atoms with Crippen molar-refractivity contribution in [2.75, 3.05) is 13.1 Å². The fourth-order valence-corrected chi connectivity index (χ4v) is 2.92. The minimum atomic E-state index is 0. The van der Waals surface area contributed by atoms with Gasteiger partial charge < -0.3 is 15.4 Å². The standard InChI is InChI=1S/C20H24N2O2.ClH/c1-15-5-2-3-7-17(15)14-24-19-8-4-6-16(11-19)12-20(23)22-18-9-10-21-13-18;/h2-8,11,18,21H,9-10,12-14H2,1H3,(H,22,23);1H. The summed E-state index contributed by atoms with van der Waals surface area (Å²) in [5.41, 5.74) is 3.37. The molecule has 1 saturated heterocycles. The summed E-state index contributed by atoms with van der Waals surface area (Å²) in [4.78, 5) is 12.1. The van der Waals surface area contributed by atoms with Gasteiger partial charge in [-0.2, -0.15) is 0 Å². The normalized spacial score (nSPS) is 16.1. The predicted octanol–water partition coefficient (Wildman–Crippen LogP) is 3.02. The molecule has 0 bridgehead atoms. The van der Waals surface area contributed by atoms with E-state index in [2.05, 4.69) is 29.7 Å². The van der Waals surface area contributed by atoms with Gasteiger partial charge in [0, 0.05) is 12.6 Å². The summed E-state index contributed by atoms with van der Waals surface area (Å²) in [7, 11) is 0. The maximum absolute atomic E-state index is 12.1. The van der Waals surface area contributed by atoms with Gasteiger partial charge in [0.1, 0.15) is 12.4 Å². The van der Waals surface area contributed by atoms with Crippen LogP contribution in [-0.2, 0) is 17.8 Å². The topological polar surface area (TPSA) is 50.4 Å². The summed E-state index contributed by atoms with van der Waals surface area (Å²) in [6.45, 7) is 4.46. The van der Waals surface area contributed by atoms with E-state index in [4.69, 9.17) is 4.74 Å². The molecule has 2 aromatic carbocycles. The Kier molecular flexibility index (Phi) is 7.29. The number of carbonyl (C=O) groups excluding carboxylic acids is 1. The molecule has 1 unspecified atom stereocenters. The Bertz CT molecular complexity index is 700. The lowest BCUT2D eigenvalue weighted by Crippen LogP contribution is -2.37. The van der Waals surface area contributed by atoms with Gasteiger partial charge in [0.2, 0.25) is 5.91 Å². The fraction of sp³-hybridized carbons (Fsp3) is 0.350. The smallest absolute Gasteiger partial charge is 0.224 e. The first-order chi connectivity index (χ1) is 11.7. The Morgan fingerprint density at radius 1 is 1.24 bits per heavy atom. The van der Waals surface area contributed by atoms with Crippen molar-refractivity contribution in [1.29, 1.82) is 0 Å². The van der Waals surface area contributed by atoms with E-state index in [1.54, 1.807) is 0 Å². The van der Waals surface area contributed by atoms with E-state index in [1.807, 2.05) is 36.4 Å². The maximum Gasteiger partial charge on any atom is 0.224 e. The van der Waals surface area contributed by atoms with Gasteiger partial charge in [0.15, 0.2) is 0 Å². The second kappa shape index (κ2) is 9.44. The zero-order valence-corrected chi connectivity index (χ0v) is 15.3. The molecule has 0 aliphatic carbocycles. The molecule has 0 radical (unpaired) electrons. The summed E-state index contributed by atoms with van der Waals surface area (Å²) >= 11 is 0. The summed E-state index contributed by atoms with van der Waals surface area (Å²) in [6, 6.07) is 16.2. The molecule has 134 valence electrons. The van der Waals surface area contributed by atoms with Crippen molar-refractivity contribution in [1.82, 2.24) is 10.6 Å². The lowest BCUT2D eigenvalue weighted by molar-refractivity contribution is -0.121. The van der Waals surface area contributed by atoms with Crippen LogP contribution in [0.25, 0.3) is 0 Å². The van der Waals surface area contributed by atoms with E-state index >= 15 is 0 Å². The van der Waals surface area contributed by atoms with Crippen molar-refractivity contribution in [2.45, 2.75) is 32.4 Å². The third-order valence-corrected chi connectivity index (χ3v) is 4.34. The van der Waals surface area contributed by atoms with Gasteiger partial charge in [-0.1, -0.05) is 36.4 Å². The van der Waals surface area contributed by atoms with Crippen molar-refractivity contribution in [3.05, 3.63) is 65.2 Å². The summed E-state index contributed by atoms with van der Waals surface area (Å²) in [5, 5.41) is 6.32. The second-order valence-electron chi connectivity index (χ2n) is 6.30. The Hall–Kier alpha value is -2.04. The van der Waals surface area contributed by atoms with Crippen molar-refractivity contribution < 1.29 is 9.53 Å². The lowest BCUT2D eigenvalue weighted by atomic mass is 10.1. The summed E-state index contributed by atoms with van der Waals surface area (Å²) in [6.07, 6.45) is 1.39. The van der Waals surface area contributed by atoms with E-state index in [-0.39, 0.29) is 24.4 Å². The average molecular weight is 361 g/mol. The van der Waals surface area contributed by atoms with Crippen LogP contribution in [0.5, 0.6) is 5.75 Å². The van der Waals surface area contributed by atoms with E-state index in [0.29, 0.717) is 13.0 Å². The maximum atomic E-state index is 12.1. The van der Waals surface area contributed by atoms with Crippen LogP contribution in [0, 0.1) is 6.92 Å². The van der Waals surface area contributed by atoms with Crippen LogP contribution in [-0.4, -0.2) is 25.0 Å². The van der Waals surface area contributed by atoms with Crippen LogP contribution < -0.4 is 15.4 Å². The van der Waals surface area contributed by atoms with Gasteiger partial charge in [0.05, 0.1) is 6.42 Å². The third kappa shape index (κ3) is 5.76. The Morgan fingerprint density at radius 2 is 2.08 bits per heavy atom. The molecule has 2 N–H and O–H groups in total. The second-order valence-corrected chi connectivity index (χ2v) is 6.30. The summed E-state index contributed by atoms with van der Waals surface area (Å²) in [5.74, 6) is 0.867. The number of rotatable bonds is 6. The number of halogens is 1. The Morgan fingerprint density at radius 3 is 2.84 bits per heavy atom. The molecule has 2 aromatic rings. The minimum absolute atomic E-state index is 0. The predicted molar refractivity (Wildman–Crippen MR) is 102 cm³/mol. The molecule has 1 aliphatic rings. The SMILES string of the molecule is Cc1ccccc1COc1cccc(CC(=O)NC2CCNC2)c1.Cl. The van der Waals surface area contributed by atoms with E-state index in [1.165, 1.54) is 11.1 Å². The number of aryl methyl sites for hydroxylation is 1. The molecule has 0 spiro atoms. The molecule has 25 heavy (non-hydrogen) atoms. The molecule has 1 aliphatic heterocycles. The first-order valence-corrected chi connectivity index (χ1v) is 8.47. The van der Waals surface area contributed by atoms with E-state index in [9.17, 15) is 4.79 Å². The van der Waals surface area contributed by atoms with Crippen molar-refractivity contribution >= 4 is 18.3 Å². The molecule has 1 heterocycles. The van der Waals surface area contributed by atoms with Gasteiger partial charge in [-0.3, -0.25) is 4.79 Å². The average Bonchev–Trinajstić information content (AvgIpc) is 3.07. The first-order valence-electron chi connectivity index (χ1n) is 8.47. The van der Waals surface area contributed by atoms with Gasteiger partial charge >= 0.3 is 0 Å². The number of benzene rings is 2. The minimum Gasteiger partial charge on any atom is -0.489 e. The molecular weight excluding hydrogens is 336 g/mol.